The van der Waals surface area contributed by atoms with Crippen molar-refractivity contribution < 1.29 is 14.3 Å². The van der Waals surface area contributed by atoms with Crippen LogP contribution in [0.1, 0.15) is 39.4 Å². The first-order chi connectivity index (χ1) is 14.1. The van der Waals surface area contributed by atoms with E-state index in [0.717, 1.165) is 3.39 Å². The number of benzene rings is 2. The molecule has 0 radical (unpaired) electrons. The molecule has 2 rings (SSSR count). The molecule has 0 amide bonds. The molecular formula is C24H25Br2NO3. The zero-order valence-corrected chi connectivity index (χ0v) is 20.6. The van der Waals surface area contributed by atoms with Gasteiger partial charge in [-0.1, -0.05) is 64.1 Å². The summed E-state index contributed by atoms with van der Waals surface area (Å²) in [5.41, 5.74) is 0.0862. The third-order valence-corrected chi connectivity index (χ3v) is 5.15. The Morgan fingerprint density at radius 2 is 1.70 bits per heavy atom. The van der Waals surface area contributed by atoms with Gasteiger partial charge in [0.15, 0.2) is 0 Å². The standard InChI is InChI=1S/C24H25Br2NO3/c1-16(2)22(24(3,4)14-21(25)26)23(28)30-20(15-27)17-9-8-12-19(13-17)29-18-10-6-5-7-11-18/h5-14,16,20,22H,1-4H3. The summed E-state index contributed by atoms with van der Waals surface area (Å²) in [6.45, 7) is 7.88. The first-order valence-electron chi connectivity index (χ1n) is 9.61. The first-order valence-corrected chi connectivity index (χ1v) is 11.2. The van der Waals surface area contributed by atoms with Gasteiger partial charge >= 0.3 is 5.97 Å². The molecule has 0 aromatic heterocycles. The lowest BCUT2D eigenvalue weighted by Crippen LogP contribution is -2.35. The zero-order chi connectivity index (χ0) is 22.3. The van der Waals surface area contributed by atoms with E-state index in [4.69, 9.17) is 9.47 Å². The Morgan fingerprint density at radius 3 is 2.27 bits per heavy atom. The smallest absolute Gasteiger partial charge is 0.311 e. The van der Waals surface area contributed by atoms with E-state index in [1.54, 1.807) is 24.3 Å². The van der Waals surface area contributed by atoms with Gasteiger partial charge in [-0.25, -0.2) is 0 Å². The molecule has 6 heteroatoms. The Hall–Kier alpha value is -2.10. The molecule has 0 N–H and O–H groups in total. The van der Waals surface area contributed by atoms with Crippen LogP contribution >= 0.6 is 31.9 Å². The summed E-state index contributed by atoms with van der Waals surface area (Å²) in [6.07, 6.45) is 0.902. The number of nitriles is 1. The maximum absolute atomic E-state index is 13.1. The summed E-state index contributed by atoms with van der Waals surface area (Å²) in [4.78, 5) is 13.1. The maximum atomic E-state index is 13.1. The number of halogens is 2. The SMILES string of the molecule is CC(C)C(C(=O)OC(C#N)c1cccc(Oc2ccccc2)c1)C(C)(C)C=C(Br)Br. The number of carbonyl (C=O) groups is 1. The summed E-state index contributed by atoms with van der Waals surface area (Å²) in [5.74, 6) is 0.446. The molecule has 4 nitrogen and oxygen atoms in total. The van der Waals surface area contributed by atoms with Crippen LogP contribution in [-0.4, -0.2) is 5.97 Å². The number of allylic oxidation sites excluding steroid dienone is 1. The molecular weight excluding hydrogens is 510 g/mol. The average Bonchev–Trinajstić information content (AvgIpc) is 2.65. The van der Waals surface area contributed by atoms with Crippen molar-refractivity contribution in [2.75, 3.05) is 0 Å². The number of hydrogen-bond acceptors (Lipinski definition) is 4. The molecule has 0 saturated carbocycles. The average molecular weight is 535 g/mol. The number of ether oxygens (including phenoxy) is 2. The van der Waals surface area contributed by atoms with Gasteiger partial charge in [0.05, 0.1) is 9.31 Å². The minimum absolute atomic E-state index is 0.0233. The van der Waals surface area contributed by atoms with E-state index in [-0.39, 0.29) is 5.92 Å². The quantitative estimate of drug-likeness (QED) is 0.328. The molecule has 158 valence electrons. The number of nitrogens with zero attached hydrogens (tertiary/aromatic N) is 1. The monoisotopic (exact) mass is 533 g/mol. The topological polar surface area (TPSA) is 59.3 Å². The second-order valence-electron chi connectivity index (χ2n) is 7.91. The largest absolute Gasteiger partial charge is 0.457 e. The summed E-state index contributed by atoms with van der Waals surface area (Å²) in [6, 6.07) is 18.5. The molecule has 0 bridgehead atoms. The van der Waals surface area contributed by atoms with Gasteiger partial charge in [-0.3, -0.25) is 4.79 Å². The molecule has 2 aromatic carbocycles. The van der Waals surface area contributed by atoms with Crippen LogP contribution in [0.5, 0.6) is 11.5 Å². The van der Waals surface area contributed by atoms with Crippen molar-refractivity contribution in [1.82, 2.24) is 0 Å². The molecule has 0 saturated heterocycles. The van der Waals surface area contributed by atoms with Crippen molar-refractivity contribution in [3.63, 3.8) is 0 Å². The molecule has 2 aromatic rings. The fraction of sp³-hybridized carbons (Fsp3) is 0.333. The van der Waals surface area contributed by atoms with Gasteiger partial charge in [-0.05, 0) is 67.5 Å². The third-order valence-electron chi connectivity index (χ3n) is 4.69. The lowest BCUT2D eigenvalue weighted by Gasteiger charge is -2.33. The lowest BCUT2D eigenvalue weighted by atomic mass is 9.73. The summed E-state index contributed by atoms with van der Waals surface area (Å²) in [5, 5.41) is 9.68. The normalized spacial score (nSPS) is 13.1. The van der Waals surface area contributed by atoms with Gasteiger partial charge in [0.25, 0.3) is 0 Å². The molecule has 0 spiro atoms. The predicted molar refractivity (Wildman–Crippen MR) is 125 cm³/mol. The minimum Gasteiger partial charge on any atom is -0.457 e. The second kappa shape index (κ2) is 10.8. The van der Waals surface area contributed by atoms with Crippen LogP contribution in [0.3, 0.4) is 0 Å². The lowest BCUT2D eigenvalue weighted by molar-refractivity contribution is -0.157. The van der Waals surface area contributed by atoms with Gasteiger partial charge in [0.1, 0.15) is 17.6 Å². The van der Waals surface area contributed by atoms with Crippen molar-refractivity contribution in [3.8, 4) is 17.6 Å². The Morgan fingerprint density at radius 1 is 1.07 bits per heavy atom. The van der Waals surface area contributed by atoms with Gasteiger partial charge in [-0.15, -0.1) is 0 Å². The molecule has 0 aliphatic rings. The number of rotatable bonds is 8. The van der Waals surface area contributed by atoms with Gasteiger partial charge in [0, 0.05) is 5.56 Å². The van der Waals surface area contributed by atoms with E-state index in [0.29, 0.717) is 17.1 Å². The molecule has 0 aliphatic heterocycles. The molecule has 0 aliphatic carbocycles. The molecule has 0 heterocycles. The third kappa shape index (κ3) is 6.72. The minimum atomic E-state index is -1.02. The van der Waals surface area contributed by atoms with Crippen molar-refractivity contribution in [1.29, 1.82) is 5.26 Å². The van der Waals surface area contributed by atoms with Crippen molar-refractivity contribution in [2.24, 2.45) is 17.3 Å². The van der Waals surface area contributed by atoms with Crippen LogP contribution in [0.2, 0.25) is 0 Å². The first kappa shape index (κ1) is 24.2. The van der Waals surface area contributed by atoms with E-state index in [2.05, 4.69) is 37.9 Å². The molecule has 2 unspecified atom stereocenters. The van der Waals surface area contributed by atoms with Crippen LogP contribution in [0.15, 0.2) is 64.1 Å². The highest BCUT2D eigenvalue weighted by Crippen LogP contribution is 2.39. The van der Waals surface area contributed by atoms with E-state index >= 15 is 0 Å². The Kier molecular flexibility index (Phi) is 8.69. The molecule has 30 heavy (non-hydrogen) atoms. The molecule has 2 atom stereocenters. The van der Waals surface area contributed by atoms with E-state index < -0.39 is 23.4 Å². The number of carbonyl (C=O) groups excluding carboxylic acids is 1. The van der Waals surface area contributed by atoms with Crippen LogP contribution < -0.4 is 4.74 Å². The predicted octanol–water partition coefficient (Wildman–Crippen LogP) is 7.52. The van der Waals surface area contributed by atoms with Crippen molar-refractivity contribution in [2.45, 2.75) is 33.8 Å². The van der Waals surface area contributed by atoms with Crippen LogP contribution in [-0.2, 0) is 9.53 Å². The second-order valence-corrected chi connectivity index (χ2v) is 10.7. The highest BCUT2D eigenvalue weighted by molar-refractivity contribution is 9.28. The van der Waals surface area contributed by atoms with Crippen LogP contribution in [0.4, 0.5) is 0 Å². The highest BCUT2D eigenvalue weighted by atomic mass is 79.9. The number of para-hydroxylation sites is 1. The van der Waals surface area contributed by atoms with Crippen LogP contribution in [0.25, 0.3) is 0 Å². The van der Waals surface area contributed by atoms with E-state index in [1.807, 2.05) is 64.1 Å². The van der Waals surface area contributed by atoms with Gasteiger partial charge in [-0.2, -0.15) is 5.26 Å². The van der Waals surface area contributed by atoms with Gasteiger partial charge in [0.2, 0.25) is 6.10 Å². The Balaban J connectivity index is 2.23. The van der Waals surface area contributed by atoms with E-state index in [9.17, 15) is 10.1 Å². The molecule has 0 fully saturated rings. The summed E-state index contributed by atoms with van der Waals surface area (Å²) < 4.78 is 12.3. The summed E-state index contributed by atoms with van der Waals surface area (Å²) in [7, 11) is 0. The fourth-order valence-electron chi connectivity index (χ4n) is 3.53. The fourth-order valence-corrected chi connectivity index (χ4v) is 4.71. The number of hydrogen-bond donors (Lipinski definition) is 0. The van der Waals surface area contributed by atoms with Crippen molar-refractivity contribution in [3.05, 3.63) is 69.6 Å². The number of esters is 1. The Bertz CT molecular complexity index is 929. The zero-order valence-electron chi connectivity index (χ0n) is 17.4. The summed E-state index contributed by atoms with van der Waals surface area (Å²) >= 11 is 6.75. The maximum Gasteiger partial charge on any atom is 0.311 e. The van der Waals surface area contributed by atoms with Gasteiger partial charge < -0.3 is 9.47 Å². The van der Waals surface area contributed by atoms with Crippen LogP contribution in [0, 0.1) is 28.6 Å². The van der Waals surface area contributed by atoms with E-state index in [1.165, 1.54) is 0 Å². The Labute approximate surface area is 195 Å². The van der Waals surface area contributed by atoms with Crippen molar-refractivity contribution >= 4 is 37.8 Å². The highest BCUT2D eigenvalue weighted by Gasteiger charge is 2.38.